The molecule has 0 unspecified atom stereocenters. The summed E-state index contributed by atoms with van der Waals surface area (Å²) in [6.45, 7) is 6.56. The van der Waals surface area contributed by atoms with Crippen LogP contribution in [0.15, 0.2) is 83.9 Å². The van der Waals surface area contributed by atoms with E-state index in [4.69, 9.17) is 27.9 Å². The lowest BCUT2D eigenvalue weighted by atomic mass is 10.1. The second-order valence-electron chi connectivity index (χ2n) is 9.31. The summed E-state index contributed by atoms with van der Waals surface area (Å²) < 4.78 is 9.76. The third kappa shape index (κ3) is 7.20. The summed E-state index contributed by atoms with van der Waals surface area (Å²) in [4.78, 5) is 13.6. The first-order valence-electron chi connectivity index (χ1n) is 11.4. The number of halogens is 2. The van der Waals surface area contributed by atoms with Crippen LogP contribution in [-0.4, -0.2) is 22.7 Å². The van der Waals surface area contributed by atoms with Crippen LogP contribution in [0.25, 0.3) is 10.9 Å². The van der Waals surface area contributed by atoms with E-state index in [1.165, 1.54) is 17.5 Å². The van der Waals surface area contributed by atoms with Gasteiger partial charge in [0, 0.05) is 44.3 Å². The minimum absolute atomic E-state index is 0.0757. The molecule has 0 N–H and O–H groups in total. The standard InChI is InChI=1S/C28H28Cl2N2O2S/c1-28(2,3)34-27(33)19-32(35-25-17-22(29)16-23(30)18-25)24-9-10-26-21(15-24)12-14-31(26)13-11-20-7-5-4-6-8-20/h4-10,12,14-18H,11,13,19H2,1-3H3. The van der Waals surface area contributed by atoms with E-state index in [0.29, 0.717) is 10.0 Å². The Balaban J connectivity index is 1.59. The third-order valence-corrected chi connectivity index (χ3v) is 6.71. The van der Waals surface area contributed by atoms with Crippen LogP contribution in [0, 0.1) is 0 Å². The largest absolute Gasteiger partial charge is 0.459 e. The zero-order valence-corrected chi connectivity index (χ0v) is 22.3. The number of hydrogen-bond acceptors (Lipinski definition) is 4. The molecule has 1 aromatic heterocycles. The minimum Gasteiger partial charge on any atom is -0.459 e. The number of carbonyl (C=O) groups is 1. The van der Waals surface area contributed by atoms with Gasteiger partial charge in [0.2, 0.25) is 0 Å². The van der Waals surface area contributed by atoms with Gasteiger partial charge in [-0.2, -0.15) is 0 Å². The molecule has 0 atom stereocenters. The van der Waals surface area contributed by atoms with E-state index < -0.39 is 5.60 Å². The Kier molecular flexibility index (Phi) is 8.00. The van der Waals surface area contributed by atoms with E-state index in [1.807, 2.05) is 49.3 Å². The summed E-state index contributed by atoms with van der Waals surface area (Å²) >= 11 is 13.8. The lowest BCUT2D eigenvalue weighted by Crippen LogP contribution is -2.31. The van der Waals surface area contributed by atoms with Crippen molar-refractivity contribution >= 4 is 57.7 Å². The predicted octanol–water partition coefficient (Wildman–Crippen LogP) is 8.05. The molecule has 0 aliphatic carbocycles. The van der Waals surface area contributed by atoms with Crippen LogP contribution in [0.4, 0.5) is 5.69 Å². The molecule has 0 bridgehead atoms. The van der Waals surface area contributed by atoms with Crippen LogP contribution >= 0.6 is 35.1 Å². The lowest BCUT2D eigenvalue weighted by Gasteiger charge is -2.26. The molecule has 7 heteroatoms. The molecule has 4 aromatic rings. The molecule has 4 rings (SSSR count). The number of aryl methyl sites for hydroxylation is 2. The first kappa shape index (κ1) is 25.5. The topological polar surface area (TPSA) is 34.5 Å². The molecular weight excluding hydrogens is 499 g/mol. The first-order chi connectivity index (χ1) is 16.7. The zero-order chi connectivity index (χ0) is 25.0. The maximum Gasteiger partial charge on any atom is 0.327 e. The quantitative estimate of drug-likeness (QED) is 0.172. The van der Waals surface area contributed by atoms with E-state index in [2.05, 4.69) is 53.2 Å². The molecule has 0 amide bonds. The smallest absolute Gasteiger partial charge is 0.327 e. The van der Waals surface area contributed by atoms with Crippen molar-refractivity contribution in [2.45, 2.75) is 44.2 Å². The molecule has 182 valence electrons. The Morgan fingerprint density at radius 2 is 1.69 bits per heavy atom. The normalized spacial score (nSPS) is 11.6. The Morgan fingerprint density at radius 1 is 0.971 bits per heavy atom. The SMILES string of the molecule is CC(C)(C)OC(=O)CN(Sc1cc(Cl)cc(Cl)c1)c1ccc2c(ccn2CCc2ccccc2)c1. The van der Waals surface area contributed by atoms with Crippen molar-refractivity contribution in [3.63, 3.8) is 0 Å². The van der Waals surface area contributed by atoms with Crippen molar-refractivity contribution < 1.29 is 9.53 Å². The Bertz CT molecular complexity index is 1300. The fourth-order valence-corrected chi connectivity index (χ4v) is 5.47. The summed E-state index contributed by atoms with van der Waals surface area (Å²) in [6, 6.07) is 24.2. The second kappa shape index (κ2) is 11.0. The van der Waals surface area contributed by atoms with Gasteiger partial charge in [0.15, 0.2) is 0 Å². The van der Waals surface area contributed by atoms with Crippen LogP contribution in [0.3, 0.4) is 0 Å². The van der Waals surface area contributed by atoms with Gasteiger partial charge in [-0.1, -0.05) is 53.5 Å². The number of esters is 1. The average molecular weight is 528 g/mol. The number of fused-ring (bicyclic) bond motifs is 1. The molecule has 0 saturated carbocycles. The molecule has 0 aliphatic heterocycles. The number of rotatable bonds is 8. The van der Waals surface area contributed by atoms with E-state index in [-0.39, 0.29) is 12.5 Å². The number of nitrogens with zero attached hydrogens (tertiary/aromatic N) is 2. The van der Waals surface area contributed by atoms with E-state index >= 15 is 0 Å². The number of anilines is 1. The molecule has 0 spiro atoms. The number of carbonyl (C=O) groups excluding carboxylic acids is 1. The van der Waals surface area contributed by atoms with E-state index in [9.17, 15) is 4.79 Å². The number of hydrogen-bond donors (Lipinski definition) is 0. The fourth-order valence-electron chi connectivity index (χ4n) is 3.81. The highest BCUT2D eigenvalue weighted by Gasteiger charge is 2.21. The van der Waals surface area contributed by atoms with Gasteiger partial charge in [-0.3, -0.25) is 4.79 Å². The summed E-state index contributed by atoms with van der Waals surface area (Å²) in [5.74, 6) is -0.307. The molecule has 1 heterocycles. The van der Waals surface area contributed by atoms with Crippen molar-refractivity contribution in [3.8, 4) is 0 Å². The maximum absolute atomic E-state index is 12.7. The number of benzene rings is 3. The zero-order valence-electron chi connectivity index (χ0n) is 20.0. The summed E-state index contributed by atoms with van der Waals surface area (Å²) in [5.41, 5.74) is 2.79. The third-order valence-electron chi connectivity index (χ3n) is 5.27. The maximum atomic E-state index is 12.7. The number of ether oxygens (including phenoxy) is 1. The van der Waals surface area contributed by atoms with Crippen molar-refractivity contribution in [1.29, 1.82) is 0 Å². The molecular formula is C28H28Cl2N2O2S. The van der Waals surface area contributed by atoms with Gasteiger partial charge in [0.25, 0.3) is 0 Å². The van der Waals surface area contributed by atoms with Crippen LogP contribution in [0.5, 0.6) is 0 Å². The lowest BCUT2D eigenvalue weighted by molar-refractivity contribution is -0.152. The van der Waals surface area contributed by atoms with Gasteiger partial charge in [-0.15, -0.1) is 0 Å². The van der Waals surface area contributed by atoms with Crippen molar-refractivity contribution in [2.24, 2.45) is 0 Å². The molecule has 3 aromatic carbocycles. The monoisotopic (exact) mass is 526 g/mol. The van der Waals surface area contributed by atoms with Crippen LogP contribution in [-0.2, 0) is 22.5 Å². The van der Waals surface area contributed by atoms with Gasteiger partial charge < -0.3 is 13.6 Å². The Hall–Kier alpha value is -2.60. The molecule has 0 saturated heterocycles. The summed E-state index contributed by atoms with van der Waals surface area (Å²) in [5, 5.41) is 2.20. The first-order valence-corrected chi connectivity index (χ1v) is 13.0. The minimum atomic E-state index is -0.563. The van der Waals surface area contributed by atoms with Crippen LogP contribution in [0.2, 0.25) is 10.0 Å². The van der Waals surface area contributed by atoms with Crippen LogP contribution < -0.4 is 4.31 Å². The molecule has 0 fully saturated rings. The van der Waals surface area contributed by atoms with Gasteiger partial charge in [-0.25, -0.2) is 0 Å². The Morgan fingerprint density at radius 3 is 2.37 bits per heavy atom. The van der Waals surface area contributed by atoms with Gasteiger partial charge in [0.05, 0.1) is 0 Å². The van der Waals surface area contributed by atoms with Crippen molar-refractivity contribution in [1.82, 2.24) is 4.57 Å². The number of aromatic nitrogens is 1. The van der Waals surface area contributed by atoms with Crippen LogP contribution in [0.1, 0.15) is 26.3 Å². The van der Waals surface area contributed by atoms with Gasteiger partial charge >= 0.3 is 5.97 Å². The van der Waals surface area contributed by atoms with Gasteiger partial charge in [0.1, 0.15) is 12.1 Å². The molecule has 0 aliphatic rings. The summed E-state index contributed by atoms with van der Waals surface area (Å²) in [6.07, 6.45) is 3.07. The van der Waals surface area contributed by atoms with E-state index in [1.54, 1.807) is 6.07 Å². The molecule has 0 radical (unpaired) electrons. The fraction of sp³-hybridized carbons (Fsp3) is 0.250. The van der Waals surface area contributed by atoms with Crippen molar-refractivity contribution in [2.75, 3.05) is 10.8 Å². The van der Waals surface area contributed by atoms with Gasteiger partial charge in [-0.05, 0) is 87.2 Å². The van der Waals surface area contributed by atoms with Crippen molar-refractivity contribution in [3.05, 3.63) is 94.6 Å². The highest BCUT2D eigenvalue weighted by molar-refractivity contribution is 8.00. The highest BCUT2D eigenvalue weighted by Crippen LogP contribution is 2.34. The predicted molar refractivity (Wildman–Crippen MR) is 148 cm³/mol. The Labute approximate surface area is 220 Å². The molecule has 4 nitrogen and oxygen atoms in total. The van der Waals surface area contributed by atoms with E-state index in [0.717, 1.165) is 34.5 Å². The summed E-state index contributed by atoms with van der Waals surface area (Å²) in [7, 11) is 0. The highest BCUT2D eigenvalue weighted by atomic mass is 35.5. The second-order valence-corrected chi connectivity index (χ2v) is 11.3. The average Bonchev–Trinajstić information content (AvgIpc) is 3.18. The molecule has 35 heavy (non-hydrogen) atoms.